The van der Waals surface area contributed by atoms with Crippen LogP contribution in [0, 0.1) is 18.7 Å². The molecular weight excluding hydrogens is 353 g/mol. The lowest BCUT2D eigenvalue weighted by Gasteiger charge is -2.20. The maximum absolute atomic E-state index is 13.2. The quantitative estimate of drug-likeness (QED) is 0.733. The van der Waals surface area contributed by atoms with E-state index < -0.39 is 0 Å². The maximum atomic E-state index is 13.2. The normalized spacial score (nSPS) is 20.1. The molecule has 0 radical (unpaired) electrons. The molecule has 2 nitrogen and oxygen atoms in total. The number of carbonyl (C=O) groups is 1. The largest absolute Gasteiger partial charge is 0.311 e. The molecule has 1 atom stereocenters. The van der Waals surface area contributed by atoms with Crippen LogP contribution in [0.5, 0.6) is 0 Å². The van der Waals surface area contributed by atoms with Gasteiger partial charge >= 0.3 is 0 Å². The molecule has 1 aromatic rings. The maximum Gasteiger partial charge on any atom is 0.227 e. The predicted molar refractivity (Wildman–Crippen MR) is 73.1 cm³/mol. The minimum Gasteiger partial charge on any atom is -0.311 e. The Morgan fingerprint density at radius 3 is 2.76 bits per heavy atom. The standard InChI is InChI=1S/C12H12Br2FNO/c1-7-2-9(15)4-10(14)12(7)16-6-8(5-13)3-11(16)17/h2,4,8H,3,5-6H2,1H3. The molecule has 5 heteroatoms. The molecule has 1 amide bonds. The van der Waals surface area contributed by atoms with Crippen molar-refractivity contribution in [3.63, 3.8) is 0 Å². The zero-order valence-corrected chi connectivity index (χ0v) is 12.5. The van der Waals surface area contributed by atoms with E-state index in [0.717, 1.165) is 16.6 Å². The van der Waals surface area contributed by atoms with Crippen LogP contribution >= 0.6 is 31.9 Å². The number of anilines is 1. The van der Waals surface area contributed by atoms with Crippen LogP contribution in [-0.2, 0) is 4.79 Å². The van der Waals surface area contributed by atoms with Gasteiger partial charge in [-0.15, -0.1) is 0 Å². The highest BCUT2D eigenvalue weighted by Gasteiger charge is 2.31. The molecule has 1 saturated heterocycles. The van der Waals surface area contributed by atoms with Crippen LogP contribution in [0.25, 0.3) is 0 Å². The molecule has 1 aromatic carbocycles. The first-order chi connectivity index (χ1) is 8.02. The van der Waals surface area contributed by atoms with Crippen LogP contribution < -0.4 is 4.90 Å². The number of benzene rings is 1. The Balaban J connectivity index is 2.38. The van der Waals surface area contributed by atoms with Gasteiger partial charge in [-0.05, 0) is 46.5 Å². The monoisotopic (exact) mass is 363 g/mol. The van der Waals surface area contributed by atoms with Gasteiger partial charge in [0.1, 0.15) is 5.82 Å². The third kappa shape index (κ3) is 2.55. The zero-order chi connectivity index (χ0) is 12.6. The number of hydrogen-bond acceptors (Lipinski definition) is 1. The lowest BCUT2D eigenvalue weighted by atomic mass is 10.1. The van der Waals surface area contributed by atoms with E-state index in [1.807, 2.05) is 6.92 Å². The molecule has 1 aliphatic heterocycles. The number of halogens is 3. The molecule has 0 saturated carbocycles. The second-order valence-corrected chi connectivity index (χ2v) is 5.78. The van der Waals surface area contributed by atoms with E-state index in [-0.39, 0.29) is 11.7 Å². The lowest BCUT2D eigenvalue weighted by molar-refractivity contribution is -0.117. The van der Waals surface area contributed by atoms with Crippen LogP contribution in [0.2, 0.25) is 0 Å². The number of hydrogen-bond donors (Lipinski definition) is 0. The molecule has 0 aromatic heterocycles. The van der Waals surface area contributed by atoms with Crippen LogP contribution in [0.1, 0.15) is 12.0 Å². The van der Waals surface area contributed by atoms with Gasteiger partial charge in [-0.1, -0.05) is 15.9 Å². The van der Waals surface area contributed by atoms with Gasteiger partial charge in [0.05, 0.1) is 5.69 Å². The molecule has 0 aliphatic carbocycles. The topological polar surface area (TPSA) is 20.3 Å². The average Bonchev–Trinajstić information content (AvgIpc) is 2.59. The fraction of sp³-hybridized carbons (Fsp3) is 0.417. The molecule has 0 bridgehead atoms. The smallest absolute Gasteiger partial charge is 0.227 e. The van der Waals surface area contributed by atoms with Crippen molar-refractivity contribution in [1.82, 2.24) is 0 Å². The zero-order valence-electron chi connectivity index (χ0n) is 9.34. The highest BCUT2D eigenvalue weighted by molar-refractivity contribution is 9.10. The first kappa shape index (κ1) is 13.0. The van der Waals surface area contributed by atoms with Gasteiger partial charge in [0.25, 0.3) is 0 Å². The van der Waals surface area contributed by atoms with Crippen molar-refractivity contribution < 1.29 is 9.18 Å². The summed E-state index contributed by atoms with van der Waals surface area (Å²) in [6, 6.07) is 2.85. The van der Waals surface area contributed by atoms with Gasteiger partial charge in [0.15, 0.2) is 0 Å². The number of alkyl halides is 1. The van der Waals surface area contributed by atoms with Crippen molar-refractivity contribution >= 4 is 43.5 Å². The van der Waals surface area contributed by atoms with E-state index in [1.54, 1.807) is 4.90 Å². The summed E-state index contributed by atoms with van der Waals surface area (Å²) in [5.41, 5.74) is 1.57. The van der Waals surface area contributed by atoms with Gasteiger partial charge in [0, 0.05) is 22.8 Å². The highest BCUT2D eigenvalue weighted by Crippen LogP contribution is 2.35. The Bertz CT molecular complexity index is 441. The average molecular weight is 365 g/mol. The molecule has 17 heavy (non-hydrogen) atoms. The summed E-state index contributed by atoms with van der Waals surface area (Å²) in [4.78, 5) is 13.7. The summed E-state index contributed by atoms with van der Waals surface area (Å²) in [7, 11) is 0. The summed E-state index contributed by atoms with van der Waals surface area (Å²) in [6.45, 7) is 2.51. The summed E-state index contributed by atoms with van der Waals surface area (Å²) >= 11 is 6.73. The van der Waals surface area contributed by atoms with Crippen LogP contribution in [0.4, 0.5) is 10.1 Å². The second-order valence-electron chi connectivity index (χ2n) is 4.28. The highest BCUT2D eigenvalue weighted by atomic mass is 79.9. The predicted octanol–water partition coefficient (Wildman–Crippen LogP) is 3.64. The van der Waals surface area contributed by atoms with Gasteiger partial charge in [0.2, 0.25) is 5.91 Å². The molecule has 0 spiro atoms. The SMILES string of the molecule is Cc1cc(F)cc(Br)c1N1CC(CBr)CC1=O. The van der Waals surface area contributed by atoms with E-state index >= 15 is 0 Å². The van der Waals surface area contributed by atoms with Gasteiger partial charge in [-0.2, -0.15) is 0 Å². The van der Waals surface area contributed by atoms with Crippen molar-refractivity contribution in [2.24, 2.45) is 5.92 Å². The fourth-order valence-corrected chi connectivity index (χ4v) is 3.32. The number of aryl methyl sites for hydroxylation is 1. The van der Waals surface area contributed by atoms with Gasteiger partial charge in [-0.3, -0.25) is 4.79 Å². The number of carbonyl (C=O) groups excluding carboxylic acids is 1. The van der Waals surface area contributed by atoms with Gasteiger partial charge in [-0.25, -0.2) is 4.39 Å². The third-order valence-electron chi connectivity index (χ3n) is 2.91. The number of amides is 1. The summed E-state index contributed by atoms with van der Waals surface area (Å²) < 4.78 is 13.8. The minimum absolute atomic E-state index is 0.102. The Kier molecular flexibility index (Phi) is 3.88. The summed E-state index contributed by atoms with van der Waals surface area (Å²) in [6.07, 6.45) is 0.550. The Morgan fingerprint density at radius 1 is 1.53 bits per heavy atom. The molecule has 0 N–H and O–H groups in total. The molecule has 1 fully saturated rings. The molecule has 2 rings (SSSR count). The molecule has 1 aliphatic rings. The van der Waals surface area contributed by atoms with Crippen molar-refractivity contribution in [2.45, 2.75) is 13.3 Å². The van der Waals surface area contributed by atoms with Gasteiger partial charge < -0.3 is 4.90 Å². The second kappa shape index (κ2) is 5.06. The Hall–Kier alpha value is -0.420. The van der Waals surface area contributed by atoms with Crippen molar-refractivity contribution in [3.8, 4) is 0 Å². The third-order valence-corrected chi connectivity index (χ3v) is 4.43. The lowest BCUT2D eigenvalue weighted by Crippen LogP contribution is -2.26. The van der Waals surface area contributed by atoms with Crippen LogP contribution in [-0.4, -0.2) is 17.8 Å². The van der Waals surface area contributed by atoms with E-state index in [1.165, 1.54) is 12.1 Å². The van der Waals surface area contributed by atoms with Crippen molar-refractivity contribution in [3.05, 3.63) is 28.0 Å². The van der Waals surface area contributed by atoms with E-state index in [9.17, 15) is 9.18 Å². The summed E-state index contributed by atoms with van der Waals surface area (Å²) in [5, 5.41) is 0.813. The number of rotatable bonds is 2. The van der Waals surface area contributed by atoms with Crippen molar-refractivity contribution in [1.29, 1.82) is 0 Å². The molecule has 92 valence electrons. The first-order valence-corrected chi connectivity index (χ1v) is 7.26. The Labute approximate surface area is 116 Å². The van der Waals surface area contributed by atoms with E-state index in [4.69, 9.17) is 0 Å². The minimum atomic E-state index is -0.290. The van der Waals surface area contributed by atoms with Crippen LogP contribution in [0.3, 0.4) is 0 Å². The fourth-order valence-electron chi connectivity index (χ4n) is 2.14. The van der Waals surface area contributed by atoms with Crippen LogP contribution in [0.15, 0.2) is 16.6 Å². The summed E-state index contributed by atoms with van der Waals surface area (Å²) in [5.74, 6) is 0.144. The van der Waals surface area contributed by atoms with E-state index in [2.05, 4.69) is 31.9 Å². The molecular formula is C12H12Br2FNO. The molecule has 1 unspecified atom stereocenters. The Morgan fingerprint density at radius 2 is 2.24 bits per heavy atom. The first-order valence-electron chi connectivity index (χ1n) is 5.35. The molecule has 1 heterocycles. The van der Waals surface area contributed by atoms with E-state index in [0.29, 0.717) is 23.4 Å². The number of nitrogens with zero attached hydrogens (tertiary/aromatic N) is 1. The van der Waals surface area contributed by atoms with Crippen molar-refractivity contribution in [2.75, 3.05) is 16.8 Å².